The quantitative estimate of drug-likeness (QED) is 0.604. The number of rotatable bonds is 10. The molecular formula is C14H30N2O3S. The number of sulfone groups is 1. The SMILES string of the molecule is CCS(=O)(=O)CCCN1CCC(CNCCOC)CC1. The predicted octanol–water partition coefficient (Wildman–Crippen LogP) is 0.759. The highest BCUT2D eigenvalue weighted by atomic mass is 32.2. The lowest BCUT2D eigenvalue weighted by molar-refractivity contribution is 0.173. The minimum Gasteiger partial charge on any atom is -0.383 e. The molecule has 0 aromatic heterocycles. The van der Waals surface area contributed by atoms with Crippen molar-refractivity contribution < 1.29 is 13.2 Å². The van der Waals surface area contributed by atoms with E-state index < -0.39 is 9.84 Å². The molecular weight excluding hydrogens is 276 g/mol. The Labute approximate surface area is 124 Å². The Balaban J connectivity index is 2.07. The van der Waals surface area contributed by atoms with Gasteiger partial charge in [-0.1, -0.05) is 6.92 Å². The summed E-state index contributed by atoms with van der Waals surface area (Å²) in [6.07, 6.45) is 3.19. The number of piperidine rings is 1. The first-order valence-electron chi connectivity index (χ1n) is 7.70. The van der Waals surface area contributed by atoms with Crippen molar-refractivity contribution >= 4 is 9.84 Å². The Morgan fingerprint density at radius 2 is 2.00 bits per heavy atom. The molecule has 1 rings (SSSR count). The third-order valence-corrected chi connectivity index (χ3v) is 5.78. The summed E-state index contributed by atoms with van der Waals surface area (Å²) in [5, 5.41) is 3.42. The maximum absolute atomic E-state index is 11.4. The smallest absolute Gasteiger partial charge is 0.150 e. The van der Waals surface area contributed by atoms with Gasteiger partial charge in [0.15, 0.2) is 0 Å². The first kappa shape index (κ1) is 17.9. The zero-order chi connectivity index (χ0) is 14.8. The zero-order valence-corrected chi connectivity index (χ0v) is 13.8. The molecule has 0 unspecified atom stereocenters. The molecule has 0 aromatic rings. The molecule has 120 valence electrons. The molecule has 0 spiro atoms. The number of likely N-dealkylation sites (tertiary alicyclic amines) is 1. The molecule has 0 aromatic carbocycles. The van der Waals surface area contributed by atoms with Crippen LogP contribution in [0.15, 0.2) is 0 Å². The number of hydrogen-bond donors (Lipinski definition) is 1. The van der Waals surface area contributed by atoms with E-state index in [9.17, 15) is 8.42 Å². The molecule has 1 N–H and O–H groups in total. The van der Waals surface area contributed by atoms with Crippen LogP contribution >= 0.6 is 0 Å². The number of ether oxygens (including phenoxy) is 1. The second-order valence-electron chi connectivity index (χ2n) is 5.57. The fourth-order valence-electron chi connectivity index (χ4n) is 2.55. The van der Waals surface area contributed by atoms with Gasteiger partial charge in [0.25, 0.3) is 0 Å². The Bertz CT molecular complexity index is 338. The predicted molar refractivity (Wildman–Crippen MR) is 82.9 cm³/mol. The van der Waals surface area contributed by atoms with Crippen molar-refractivity contribution in [1.82, 2.24) is 10.2 Å². The summed E-state index contributed by atoms with van der Waals surface area (Å²) in [5.74, 6) is 1.35. The topological polar surface area (TPSA) is 58.6 Å². The third kappa shape index (κ3) is 7.57. The molecule has 0 atom stereocenters. The van der Waals surface area contributed by atoms with Crippen LogP contribution in [0.3, 0.4) is 0 Å². The van der Waals surface area contributed by atoms with Crippen molar-refractivity contribution in [3.05, 3.63) is 0 Å². The molecule has 6 heteroatoms. The molecule has 0 amide bonds. The third-order valence-electron chi connectivity index (χ3n) is 3.99. The van der Waals surface area contributed by atoms with Gasteiger partial charge in [-0.2, -0.15) is 0 Å². The van der Waals surface area contributed by atoms with Crippen LogP contribution in [0.4, 0.5) is 0 Å². The number of nitrogens with zero attached hydrogens (tertiary/aromatic N) is 1. The Kier molecular flexibility index (Phi) is 8.68. The maximum atomic E-state index is 11.4. The van der Waals surface area contributed by atoms with E-state index in [4.69, 9.17) is 4.74 Å². The highest BCUT2D eigenvalue weighted by Gasteiger charge is 2.19. The summed E-state index contributed by atoms with van der Waals surface area (Å²) < 4.78 is 27.9. The van der Waals surface area contributed by atoms with E-state index in [1.54, 1.807) is 14.0 Å². The van der Waals surface area contributed by atoms with Crippen LogP contribution < -0.4 is 5.32 Å². The highest BCUT2D eigenvalue weighted by Crippen LogP contribution is 2.16. The van der Waals surface area contributed by atoms with E-state index in [0.29, 0.717) is 5.75 Å². The molecule has 1 saturated heterocycles. The molecule has 1 heterocycles. The van der Waals surface area contributed by atoms with Crippen LogP contribution in [-0.4, -0.2) is 71.3 Å². The summed E-state index contributed by atoms with van der Waals surface area (Å²) >= 11 is 0. The molecule has 0 aliphatic carbocycles. The van der Waals surface area contributed by atoms with Crippen LogP contribution in [-0.2, 0) is 14.6 Å². The van der Waals surface area contributed by atoms with Crippen LogP contribution in [0.25, 0.3) is 0 Å². The van der Waals surface area contributed by atoms with Crippen LogP contribution in [0, 0.1) is 5.92 Å². The normalized spacial score (nSPS) is 18.5. The summed E-state index contributed by atoms with van der Waals surface area (Å²) in [5.41, 5.74) is 0. The Hall–Kier alpha value is -0.170. The van der Waals surface area contributed by atoms with Crippen LogP contribution in [0.2, 0.25) is 0 Å². The van der Waals surface area contributed by atoms with Crippen molar-refractivity contribution in [3.8, 4) is 0 Å². The largest absolute Gasteiger partial charge is 0.383 e. The van der Waals surface area contributed by atoms with Gasteiger partial charge in [0.1, 0.15) is 9.84 Å². The minimum absolute atomic E-state index is 0.266. The molecule has 0 bridgehead atoms. The van der Waals surface area contributed by atoms with Gasteiger partial charge in [-0.15, -0.1) is 0 Å². The standard InChI is InChI=1S/C14H30N2O3S/c1-3-20(17,18)12-4-8-16-9-5-14(6-10-16)13-15-7-11-19-2/h14-15H,3-13H2,1-2H3. The van der Waals surface area contributed by atoms with Gasteiger partial charge in [-0.3, -0.25) is 0 Å². The van der Waals surface area contributed by atoms with Gasteiger partial charge in [-0.25, -0.2) is 8.42 Å². The number of hydrogen-bond acceptors (Lipinski definition) is 5. The Morgan fingerprint density at radius 3 is 2.60 bits per heavy atom. The van der Waals surface area contributed by atoms with Gasteiger partial charge in [0.2, 0.25) is 0 Å². The average Bonchev–Trinajstić information content (AvgIpc) is 2.45. The first-order valence-corrected chi connectivity index (χ1v) is 9.52. The lowest BCUT2D eigenvalue weighted by atomic mass is 9.97. The summed E-state index contributed by atoms with van der Waals surface area (Å²) in [6, 6.07) is 0. The van der Waals surface area contributed by atoms with Gasteiger partial charge in [0, 0.05) is 19.4 Å². The van der Waals surface area contributed by atoms with Crippen molar-refractivity contribution in [2.45, 2.75) is 26.2 Å². The molecule has 0 saturated carbocycles. The van der Waals surface area contributed by atoms with E-state index in [-0.39, 0.29) is 5.75 Å². The fraction of sp³-hybridized carbons (Fsp3) is 1.00. The molecule has 20 heavy (non-hydrogen) atoms. The summed E-state index contributed by atoms with van der Waals surface area (Å²) in [7, 11) is -1.08. The molecule has 5 nitrogen and oxygen atoms in total. The monoisotopic (exact) mass is 306 g/mol. The molecule has 0 radical (unpaired) electrons. The van der Waals surface area contributed by atoms with E-state index in [2.05, 4.69) is 10.2 Å². The van der Waals surface area contributed by atoms with E-state index in [1.807, 2.05) is 0 Å². The summed E-state index contributed by atoms with van der Waals surface area (Å²) in [4.78, 5) is 2.40. The lowest BCUT2D eigenvalue weighted by Crippen LogP contribution is -2.38. The second kappa shape index (κ2) is 9.71. The lowest BCUT2D eigenvalue weighted by Gasteiger charge is -2.32. The molecule has 1 fully saturated rings. The average molecular weight is 306 g/mol. The van der Waals surface area contributed by atoms with Crippen LogP contribution in [0.1, 0.15) is 26.2 Å². The van der Waals surface area contributed by atoms with Crippen molar-refractivity contribution in [2.24, 2.45) is 5.92 Å². The van der Waals surface area contributed by atoms with E-state index in [0.717, 1.165) is 51.7 Å². The van der Waals surface area contributed by atoms with Crippen molar-refractivity contribution in [3.63, 3.8) is 0 Å². The highest BCUT2D eigenvalue weighted by molar-refractivity contribution is 7.91. The van der Waals surface area contributed by atoms with Gasteiger partial charge >= 0.3 is 0 Å². The number of methoxy groups -OCH3 is 1. The molecule has 1 aliphatic heterocycles. The van der Waals surface area contributed by atoms with Gasteiger partial charge in [-0.05, 0) is 51.4 Å². The second-order valence-corrected chi connectivity index (χ2v) is 8.04. The zero-order valence-electron chi connectivity index (χ0n) is 12.9. The van der Waals surface area contributed by atoms with E-state index in [1.165, 1.54) is 12.8 Å². The minimum atomic E-state index is -2.80. The molecule has 1 aliphatic rings. The van der Waals surface area contributed by atoms with Crippen molar-refractivity contribution in [2.75, 3.05) is 57.9 Å². The van der Waals surface area contributed by atoms with Crippen molar-refractivity contribution in [1.29, 1.82) is 0 Å². The Morgan fingerprint density at radius 1 is 1.30 bits per heavy atom. The summed E-state index contributed by atoms with van der Waals surface area (Å²) in [6.45, 7) is 7.60. The van der Waals surface area contributed by atoms with Crippen LogP contribution in [0.5, 0.6) is 0 Å². The van der Waals surface area contributed by atoms with E-state index >= 15 is 0 Å². The van der Waals surface area contributed by atoms with Gasteiger partial charge in [0.05, 0.1) is 12.4 Å². The maximum Gasteiger partial charge on any atom is 0.150 e. The first-order chi connectivity index (χ1) is 9.57. The fourth-order valence-corrected chi connectivity index (χ4v) is 3.40. The number of nitrogens with one attached hydrogen (secondary N) is 1. The van der Waals surface area contributed by atoms with Gasteiger partial charge < -0.3 is 15.0 Å².